The molecule has 0 saturated carbocycles. The van der Waals surface area contributed by atoms with Crippen LogP contribution in [0.1, 0.15) is 25.0 Å². The standard InChI is InChI=1S/C22H18F3N5O3/c1-20-10-29(19-27-6-3-7-28-19)11-21(2,33-20)16-15(20)17(31)30(18(16)32)13-5-4-12(9-26)14(8-13)22(23,24)25/h3-8,15-16H,10-11H2,1-2H3. The van der Waals surface area contributed by atoms with Gasteiger partial charge in [-0.15, -0.1) is 0 Å². The lowest BCUT2D eigenvalue weighted by Gasteiger charge is -2.44. The van der Waals surface area contributed by atoms with Crippen LogP contribution < -0.4 is 9.80 Å². The normalized spacial score (nSPS) is 31.0. The molecule has 3 aliphatic heterocycles. The van der Waals surface area contributed by atoms with Gasteiger partial charge in [0.05, 0.1) is 59.0 Å². The predicted molar refractivity (Wildman–Crippen MR) is 108 cm³/mol. The lowest BCUT2D eigenvalue weighted by molar-refractivity contribution is -0.142. The number of rotatable bonds is 2. The zero-order chi connectivity index (χ0) is 23.8. The minimum absolute atomic E-state index is 0.209. The Morgan fingerprint density at radius 2 is 1.67 bits per heavy atom. The van der Waals surface area contributed by atoms with E-state index in [4.69, 9.17) is 10.00 Å². The topological polar surface area (TPSA) is 99.4 Å². The Balaban J connectivity index is 1.54. The van der Waals surface area contributed by atoms with Gasteiger partial charge in [-0.05, 0) is 38.1 Å². The van der Waals surface area contributed by atoms with Gasteiger partial charge in [0.2, 0.25) is 17.8 Å². The number of hydrogen-bond acceptors (Lipinski definition) is 7. The molecule has 0 radical (unpaired) electrons. The summed E-state index contributed by atoms with van der Waals surface area (Å²) < 4.78 is 46.6. The number of benzene rings is 1. The lowest BCUT2D eigenvalue weighted by Crippen LogP contribution is -2.58. The fourth-order valence-corrected chi connectivity index (χ4v) is 5.49. The Bertz CT molecular complexity index is 1180. The number of carbonyl (C=O) groups is 2. The van der Waals surface area contributed by atoms with Gasteiger partial charge in [-0.2, -0.15) is 18.4 Å². The number of nitriles is 1. The number of hydrogen-bond donors (Lipinski definition) is 0. The summed E-state index contributed by atoms with van der Waals surface area (Å²) in [6.45, 7) is 3.92. The van der Waals surface area contributed by atoms with Crippen LogP contribution in [0.5, 0.6) is 0 Å². The van der Waals surface area contributed by atoms with Crippen LogP contribution in [0.3, 0.4) is 0 Å². The fourth-order valence-electron chi connectivity index (χ4n) is 5.49. The zero-order valence-electron chi connectivity index (χ0n) is 17.6. The summed E-state index contributed by atoms with van der Waals surface area (Å²) in [4.78, 5) is 38.1. The monoisotopic (exact) mass is 457 g/mol. The van der Waals surface area contributed by atoms with Gasteiger partial charge in [0, 0.05) is 12.4 Å². The van der Waals surface area contributed by atoms with Crippen molar-refractivity contribution in [2.45, 2.75) is 31.2 Å². The van der Waals surface area contributed by atoms with E-state index in [1.165, 1.54) is 12.1 Å². The summed E-state index contributed by atoms with van der Waals surface area (Å²) >= 11 is 0. The first kappa shape index (κ1) is 21.3. The molecule has 3 fully saturated rings. The molecule has 33 heavy (non-hydrogen) atoms. The first-order valence-corrected chi connectivity index (χ1v) is 10.2. The minimum atomic E-state index is -4.81. The maximum Gasteiger partial charge on any atom is 0.417 e. The van der Waals surface area contributed by atoms with Crippen molar-refractivity contribution < 1.29 is 27.5 Å². The van der Waals surface area contributed by atoms with E-state index < -0.39 is 52.2 Å². The molecule has 11 heteroatoms. The number of halogens is 3. The molecular formula is C22H18F3N5O3. The van der Waals surface area contributed by atoms with Crippen molar-refractivity contribution in [1.82, 2.24) is 9.97 Å². The van der Waals surface area contributed by atoms with Crippen molar-refractivity contribution in [3.05, 3.63) is 47.8 Å². The first-order chi connectivity index (χ1) is 15.5. The number of ether oxygens (including phenoxy) is 1. The molecule has 0 N–H and O–H groups in total. The Kier molecular flexibility index (Phi) is 4.36. The summed E-state index contributed by atoms with van der Waals surface area (Å²) in [5.41, 5.74) is -4.13. The molecule has 4 heterocycles. The van der Waals surface area contributed by atoms with Crippen molar-refractivity contribution in [3.63, 3.8) is 0 Å². The second-order valence-electron chi connectivity index (χ2n) is 8.94. The third kappa shape index (κ3) is 3.01. The summed E-state index contributed by atoms with van der Waals surface area (Å²) in [7, 11) is 0. The third-order valence-electron chi connectivity index (χ3n) is 6.62. The first-order valence-electron chi connectivity index (χ1n) is 10.2. The van der Waals surface area contributed by atoms with Gasteiger partial charge in [0.1, 0.15) is 0 Å². The maximum atomic E-state index is 13.5. The lowest BCUT2D eigenvalue weighted by atomic mass is 9.79. The Morgan fingerprint density at radius 3 is 2.18 bits per heavy atom. The highest BCUT2D eigenvalue weighted by Gasteiger charge is 2.72. The molecule has 4 unspecified atom stereocenters. The van der Waals surface area contributed by atoms with Crippen LogP contribution in [0.25, 0.3) is 0 Å². The Morgan fingerprint density at radius 1 is 1.09 bits per heavy atom. The Labute approximate surface area is 186 Å². The van der Waals surface area contributed by atoms with Gasteiger partial charge >= 0.3 is 6.18 Å². The van der Waals surface area contributed by atoms with Gasteiger partial charge in [-0.3, -0.25) is 9.59 Å². The van der Waals surface area contributed by atoms with Crippen molar-refractivity contribution in [2.24, 2.45) is 11.8 Å². The molecule has 2 aromatic rings. The highest BCUT2D eigenvalue weighted by molar-refractivity contribution is 6.23. The molecule has 5 rings (SSSR count). The van der Waals surface area contributed by atoms with Crippen molar-refractivity contribution in [1.29, 1.82) is 5.26 Å². The molecular weight excluding hydrogens is 439 g/mol. The van der Waals surface area contributed by atoms with E-state index in [-0.39, 0.29) is 18.8 Å². The second kappa shape index (κ2) is 6.74. The summed E-state index contributed by atoms with van der Waals surface area (Å²) in [6.07, 6.45) is -1.63. The molecule has 0 spiro atoms. The molecule has 1 aromatic carbocycles. The van der Waals surface area contributed by atoms with E-state index in [1.807, 2.05) is 4.90 Å². The van der Waals surface area contributed by atoms with E-state index in [0.717, 1.165) is 11.0 Å². The van der Waals surface area contributed by atoms with Crippen LogP contribution in [0.15, 0.2) is 36.7 Å². The number of amides is 2. The average molecular weight is 457 g/mol. The fraction of sp³-hybridized carbons (Fsp3) is 0.409. The molecule has 2 bridgehead atoms. The number of aromatic nitrogens is 2. The molecule has 3 saturated heterocycles. The number of anilines is 2. The van der Waals surface area contributed by atoms with Crippen LogP contribution in [0, 0.1) is 23.2 Å². The van der Waals surface area contributed by atoms with E-state index in [9.17, 15) is 22.8 Å². The average Bonchev–Trinajstić information content (AvgIpc) is 3.13. The van der Waals surface area contributed by atoms with Gasteiger partial charge in [0.25, 0.3) is 0 Å². The Hall–Kier alpha value is -3.52. The number of imide groups is 1. The summed E-state index contributed by atoms with van der Waals surface area (Å²) in [5, 5.41) is 9.04. The molecule has 170 valence electrons. The highest BCUT2D eigenvalue weighted by Crippen LogP contribution is 2.56. The van der Waals surface area contributed by atoms with Gasteiger partial charge in [0.15, 0.2) is 0 Å². The third-order valence-corrected chi connectivity index (χ3v) is 6.62. The molecule has 4 atom stereocenters. The van der Waals surface area contributed by atoms with Gasteiger partial charge in [-0.25, -0.2) is 14.9 Å². The van der Waals surface area contributed by atoms with Crippen LogP contribution >= 0.6 is 0 Å². The van der Waals surface area contributed by atoms with Crippen LogP contribution in [0.2, 0.25) is 0 Å². The minimum Gasteiger partial charge on any atom is -0.364 e. The number of fused-ring (bicyclic) bond motifs is 5. The van der Waals surface area contributed by atoms with Crippen molar-refractivity contribution >= 4 is 23.5 Å². The summed E-state index contributed by atoms with van der Waals surface area (Å²) in [5.74, 6) is -2.56. The number of nitrogens with zero attached hydrogens (tertiary/aromatic N) is 5. The predicted octanol–water partition coefficient (Wildman–Crippen LogP) is 2.54. The summed E-state index contributed by atoms with van der Waals surface area (Å²) in [6, 6.07) is 6.02. The van der Waals surface area contributed by atoms with Crippen LogP contribution in [-0.2, 0) is 20.5 Å². The largest absolute Gasteiger partial charge is 0.417 e. The van der Waals surface area contributed by atoms with Crippen LogP contribution in [0.4, 0.5) is 24.8 Å². The number of alkyl halides is 3. The van der Waals surface area contributed by atoms with E-state index in [1.54, 1.807) is 32.3 Å². The van der Waals surface area contributed by atoms with Crippen molar-refractivity contribution in [2.75, 3.05) is 22.9 Å². The number of morpholine rings is 1. The number of carbonyl (C=O) groups excluding carboxylic acids is 2. The van der Waals surface area contributed by atoms with Gasteiger partial charge < -0.3 is 9.64 Å². The van der Waals surface area contributed by atoms with Crippen LogP contribution in [-0.4, -0.2) is 46.1 Å². The molecule has 1 aromatic heterocycles. The molecule has 0 aliphatic carbocycles. The van der Waals surface area contributed by atoms with E-state index >= 15 is 0 Å². The highest BCUT2D eigenvalue weighted by atomic mass is 19.4. The SMILES string of the molecule is CC12CN(c3ncccn3)CC(C)(O1)C1C(=O)N(c3ccc(C#N)c(C(F)(F)F)c3)C(=O)C12. The van der Waals surface area contributed by atoms with E-state index in [0.29, 0.717) is 12.0 Å². The quantitative estimate of drug-likeness (QED) is 0.639. The second-order valence-corrected chi connectivity index (χ2v) is 8.94. The van der Waals surface area contributed by atoms with E-state index in [2.05, 4.69) is 9.97 Å². The molecule has 3 aliphatic rings. The molecule has 8 nitrogen and oxygen atoms in total. The van der Waals surface area contributed by atoms with Gasteiger partial charge in [-0.1, -0.05) is 0 Å². The smallest absolute Gasteiger partial charge is 0.364 e. The maximum absolute atomic E-state index is 13.5. The van der Waals surface area contributed by atoms with Crippen molar-refractivity contribution in [3.8, 4) is 6.07 Å². The zero-order valence-corrected chi connectivity index (χ0v) is 17.6. The molecule has 2 amide bonds.